The second-order valence-electron chi connectivity index (χ2n) is 7.67. The van der Waals surface area contributed by atoms with Crippen LogP contribution >= 0.6 is 0 Å². The fourth-order valence-electron chi connectivity index (χ4n) is 3.83. The van der Waals surface area contributed by atoms with E-state index in [9.17, 15) is 4.79 Å². The molecule has 1 amide bonds. The molecule has 0 atom stereocenters. The summed E-state index contributed by atoms with van der Waals surface area (Å²) in [6.45, 7) is 0.336. The van der Waals surface area contributed by atoms with Crippen LogP contribution < -0.4 is 15.4 Å². The highest BCUT2D eigenvalue weighted by atomic mass is 16.5. The third kappa shape index (κ3) is 4.22. The van der Waals surface area contributed by atoms with Crippen molar-refractivity contribution in [2.24, 2.45) is 11.8 Å². The van der Waals surface area contributed by atoms with Gasteiger partial charge in [-0.15, -0.1) is 0 Å². The summed E-state index contributed by atoms with van der Waals surface area (Å²) in [5.74, 6) is 2.50. The molecule has 0 unspecified atom stereocenters. The zero-order chi connectivity index (χ0) is 16.4. The predicted octanol–water partition coefficient (Wildman–Crippen LogP) is 3.72. The van der Waals surface area contributed by atoms with E-state index >= 15 is 0 Å². The molecule has 3 aliphatic rings. The van der Waals surface area contributed by atoms with E-state index in [0.29, 0.717) is 18.7 Å². The van der Waals surface area contributed by atoms with Gasteiger partial charge in [-0.25, -0.2) is 0 Å². The maximum atomic E-state index is 12.2. The molecule has 4 heteroatoms. The Morgan fingerprint density at radius 2 is 1.79 bits per heavy atom. The minimum Gasteiger partial charge on any atom is -0.490 e. The standard InChI is InChI=1S/C20H28N2O2/c23-19(22-20(14-8-9-14)15-10-11-15)13-21-16-4-3-7-18(12-16)24-17-5-1-2-6-17/h3-4,7,12,14-15,17,20-21H,1-2,5-6,8-11,13H2,(H,22,23). The zero-order valence-corrected chi connectivity index (χ0v) is 14.3. The van der Waals surface area contributed by atoms with E-state index in [1.807, 2.05) is 24.3 Å². The van der Waals surface area contributed by atoms with E-state index in [1.54, 1.807) is 0 Å². The zero-order valence-electron chi connectivity index (χ0n) is 14.3. The average Bonchev–Trinajstić information content (AvgIpc) is 3.51. The Bertz CT molecular complexity index is 563. The molecule has 1 aromatic carbocycles. The van der Waals surface area contributed by atoms with Gasteiger partial charge >= 0.3 is 0 Å². The Balaban J connectivity index is 1.26. The average molecular weight is 328 g/mol. The van der Waals surface area contributed by atoms with Crippen molar-refractivity contribution in [3.05, 3.63) is 24.3 Å². The van der Waals surface area contributed by atoms with Crippen LogP contribution in [0.5, 0.6) is 5.75 Å². The van der Waals surface area contributed by atoms with Crippen molar-refractivity contribution in [2.45, 2.75) is 63.5 Å². The summed E-state index contributed by atoms with van der Waals surface area (Å²) in [7, 11) is 0. The van der Waals surface area contributed by atoms with Crippen molar-refractivity contribution in [3.8, 4) is 5.75 Å². The molecule has 3 aliphatic carbocycles. The molecular formula is C20H28N2O2. The number of amides is 1. The first-order valence-corrected chi connectivity index (χ1v) is 9.58. The van der Waals surface area contributed by atoms with Gasteiger partial charge in [-0.2, -0.15) is 0 Å². The van der Waals surface area contributed by atoms with Crippen molar-refractivity contribution >= 4 is 11.6 Å². The van der Waals surface area contributed by atoms with E-state index in [-0.39, 0.29) is 5.91 Å². The van der Waals surface area contributed by atoms with Crippen molar-refractivity contribution < 1.29 is 9.53 Å². The van der Waals surface area contributed by atoms with Gasteiger partial charge in [0.25, 0.3) is 0 Å². The highest BCUT2D eigenvalue weighted by Gasteiger charge is 2.42. The van der Waals surface area contributed by atoms with Gasteiger partial charge in [-0.3, -0.25) is 4.79 Å². The highest BCUT2D eigenvalue weighted by Crippen LogP contribution is 2.44. The molecule has 0 bridgehead atoms. The third-order valence-electron chi connectivity index (χ3n) is 5.48. The summed E-state index contributed by atoms with van der Waals surface area (Å²) in [5, 5.41) is 6.49. The molecule has 4 rings (SSSR count). The molecule has 0 spiro atoms. The van der Waals surface area contributed by atoms with Gasteiger partial charge in [0.05, 0.1) is 12.6 Å². The lowest BCUT2D eigenvalue weighted by Gasteiger charge is -2.18. The van der Waals surface area contributed by atoms with Crippen molar-refractivity contribution in [1.82, 2.24) is 5.32 Å². The minimum atomic E-state index is 0.112. The topological polar surface area (TPSA) is 50.4 Å². The van der Waals surface area contributed by atoms with Gasteiger partial charge in [0.2, 0.25) is 5.91 Å². The fraction of sp³-hybridized carbons (Fsp3) is 0.650. The Morgan fingerprint density at radius 3 is 2.46 bits per heavy atom. The molecule has 3 saturated carbocycles. The van der Waals surface area contributed by atoms with Crippen LogP contribution in [0, 0.1) is 11.8 Å². The van der Waals surface area contributed by atoms with Gasteiger partial charge in [-0.05, 0) is 75.3 Å². The molecular weight excluding hydrogens is 300 g/mol. The lowest BCUT2D eigenvalue weighted by atomic mass is 10.1. The summed E-state index contributed by atoms with van der Waals surface area (Å²) < 4.78 is 6.03. The Hall–Kier alpha value is -1.71. The lowest BCUT2D eigenvalue weighted by molar-refractivity contribution is -0.120. The maximum Gasteiger partial charge on any atom is 0.239 e. The van der Waals surface area contributed by atoms with E-state index in [2.05, 4.69) is 10.6 Å². The fourth-order valence-corrected chi connectivity index (χ4v) is 3.83. The quantitative estimate of drug-likeness (QED) is 0.764. The molecule has 0 saturated heterocycles. The molecule has 24 heavy (non-hydrogen) atoms. The smallest absolute Gasteiger partial charge is 0.239 e. The van der Waals surface area contributed by atoms with Crippen molar-refractivity contribution in [3.63, 3.8) is 0 Å². The van der Waals surface area contributed by atoms with E-state index in [1.165, 1.54) is 38.5 Å². The predicted molar refractivity (Wildman–Crippen MR) is 95.2 cm³/mol. The molecule has 130 valence electrons. The first-order chi connectivity index (χ1) is 11.8. The SMILES string of the molecule is O=C(CNc1cccc(OC2CCCC2)c1)NC(C1CC1)C1CC1. The number of nitrogens with one attached hydrogen (secondary N) is 2. The van der Waals surface area contributed by atoms with Gasteiger partial charge in [0.15, 0.2) is 0 Å². The largest absolute Gasteiger partial charge is 0.490 e. The molecule has 0 radical (unpaired) electrons. The Labute approximate surface area is 144 Å². The van der Waals surface area contributed by atoms with E-state index in [4.69, 9.17) is 4.74 Å². The van der Waals surface area contributed by atoms with Gasteiger partial charge in [0.1, 0.15) is 5.75 Å². The maximum absolute atomic E-state index is 12.2. The summed E-state index contributed by atoms with van der Waals surface area (Å²) in [6, 6.07) is 8.41. The number of carbonyl (C=O) groups is 1. The molecule has 4 nitrogen and oxygen atoms in total. The molecule has 0 aromatic heterocycles. The summed E-state index contributed by atoms with van der Waals surface area (Å²) in [5.41, 5.74) is 0.954. The van der Waals surface area contributed by atoms with Crippen LogP contribution in [0.2, 0.25) is 0 Å². The van der Waals surface area contributed by atoms with Gasteiger partial charge < -0.3 is 15.4 Å². The second kappa shape index (κ2) is 7.04. The first kappa shape index (κ1) is 15.8. The Morgan fingerprint density at radius 1 is 1.08 bits per heavy atom. The van der Waals surface area contributed by atoms with Crippen molar-refractivity contribution in [2.75, 3.05) is 11.9 Å². The van der Waals surface area contributed by atoms with Crippen LogP contribution in [0.1, 0.15) is 51.4 Å². The number of ether oxygens (including phenoxy) is 1. The van der Waals surface area contributed by atoms with Gasteiger partial charge in [0, 0.05) is 17.8 Å². The first-order valence-electron chi connectivity index (χ1n) is 9.58. The van der Waals surface area contributed by atoms with E-state index < -0.39 is 0 Å². The lowest BCUT2D eigenvalue weighted by Crippen LogP contribution is -2.41. The van der Waals surface area contributed by atoms with Crippen LogP contribution in [-0.2, 0) is 4.79 Å². The number of rotatable bonds is 8. The number of hydrogen-bond acceptors (Lipinski definition) is 3. The number of benzene rings is 1. The third-order valence-corrected chi connectivity index (χ3v) is 5.48. The van der Waals surface area contributed by atoms with Gasteiger partial charge in [-0.1, -0.05) is 6.07 Å². The normalized spacial score (nSPS) is 21.0. The number of anilines is 1. The van der Waals surface area contributed by atoms with Crippen LogP contribution in [0.15, 0.2) is 24.3 Å². The summed E-state index contributed by atoms with van der Waals surface area (Å²) >= 11 is 0. The number of carbonyl (C=O) groups excluding carboxylic acids is 1. The van der Waals surface area contributed by atoms with Crippen LogP contribution in [0.3, 0.4) is 0 Å². The summed E-state index contributed by atoms with van der Waals surface area (Å²) in [4.78, 5) is 12.2. The monoisotopic (exact) mass is 328 g/mol. The molecule has 0 aliphatic heterocycles. The molecule has 3 fully saturated rings. The highest BCUT2D eigenvalue weighted by molar-refractivity contribution is 5.81. The molecule has 2 N–H and O–H groups in total. The van der Waals surface area contributed by atoms with Crippen LogP contribution in [0.4, 0.5) is 5.69 Å². The van der Waals surface area contributed by atoms with E-state index in [0.717, 1.165) is 36.1 Å². The summed E-state index contributed by atoms with van der Waals surface area (Å²) in [6.07, 6.45) is 10.4. The van der Waals surface area contributed by atoms with Crippen LogP contribution in [-0.4, -0.2) is 24.6 Å². The van der Waals surface area contributed by atoms with Crippen LogP contribution in [0.25, 0.3) is 0 Å². The minimum absolute atomic E-state index is 0.112. The Kier molecular flexibility index (Phi) is 4.63. The number of hydrogen-bond donors (Lipinski definition) is 2. The van der Waals surface area contributed by atoms with Crippen molar-refractivity contribution in [1.29, 1.82) is 0 Å². The molecule has 0 heterocycles. The second-order valence-corrected chi connectivity index (χ2v) is 7.67. The molecule has 1 aromatic rings.